The van der Waals surface area contributed by atoms with E-state index in [9.17, 15) is 10.1 Å². The molecule has 0 N–H and O–H groups in total. The van der Waals surface area contributed by atoms with Crippen molar-refractivity contribution >= 4 is 22.9 Å². The highest BCUT2D eigenvalue weighted by molar-refractivity contribution is 6.30. The van der Waals surface area contributed by atoms with Crippen molar-refractivity contribution in [1.82, 2.24) is 4.90 Å². The molecule has 1 aromatic rings. The van der Waals surface area contributed by atoms with Crippen LogP contribution in [0.3, 0.4) is 0 Å². The van der Waals surface area contributed by atoms with Crippen LogP contribution < -0.4 is 0 Å². The lowest BCUT2D eigenvalue weighted by Gasteiger charge is -2.08. The third-order valence-electron chi connectivity index (χ3n) is 2.44. The van der Waals surface area contributed by atoms with Crippen LogP contribution in [0, 0.1) is 10.1 Å². The van der Waals surface area contributed by atoms with Crippen LogP contribution in [0.5, 0.6) is 0 Å². The first kappa shape index (κ1) is 15.2. The molecule has 0 unspecified atom stereocenters. The normalized spacial score (nSPS) is 11.9. The van der Waals surface area contributed by atoms with Crippen molar-refractivity contribution in [3.05, 3.63) is 57.3 Å². The minimum absolute atomic E-state index is 0.0625. The molecule has 0 aliphatic rings. The topological polar surface area (TPSA) is 46.4 Å². The van der Waals surface area contributed by atoms with E-state index in [1.807, 2.05) is 44.3 Å². The van der Waals surface area contributed by atoms with Crippen molar-refractivity contribution in [2.75, 3.05) is 14.1 Å². The van der Waals surface area contributed by atoms with Crippen LogP contribution >= 0.6 is 11.6 Å². The summed E-state index contributed by atoms with van der Waals surface area (Å²) >= 11 is 5.94. The maximum Gasteiger partial charge on any atom is 0.277 e. The molecular weight excluding hydrogens is 264 g/mol. The summed E-state index contributed by atoms with van der Waals surface area (Å²) in [6.45, 7) is 1.99. The molecule has 0 saturated carbocycles. The summed E-state index contributed by atoms with van der Waals surface area (Å²) in [6, 6.07) is 4.59. The lowest BCUT2D eigenvalue weighted by atomic mass is 10.0. The summed E-state index contributed by atoms with van der Waals surface area (Å²) in [5.41, 5.74) is 1.40. The predicted octanol–water partition coefficient (Wildman–Crippen LogP) is 4.12. The lowest BCUT2D eigenvalue weighted by molar-refractivity contribution is -0.385. The molecule has 0 aliphatic carbocycles. The summed E-state index contributed by atoms with van der Waals surface area (Å²) in [5, 5.41) is 11.6. The first-order valence-corrected chi connectivity index (χ1v) is 6.32. The van der Waals surface area contributed by atoms with Crippen molar-refractivity contribution in [3.63, 3.8) is 0 Å². The zero-order chi connectivity index (χ0) is 14.4. The Morgan fingerprint density at radius 3 is 2.68 bits per heavy atom. The second-order valence-corrected chi connectivity index (χ2v) is 4.70. The summed E-state index contributed by atoms with van der Waals surface area (Å²) in [6.07, 6.45) is 6.43. The first-order chi connectivity index (χ1) is 8.95. The molecule has 19 heavy (non-hydrogen) atoms. The van der Waals surface area contributed by atoms with Crippen molar-refractivity contribution in [2.45, 2.75) is 13.3 Å². The minimum Gasteiger partial charge on any atom is -0.383 e. The van der Waals surface area contributed by atoms with Gasteiger partial charge in [0.25, 0.3) is 5.69 Å². The quantitative estimate of drug-likeness (QED) is 0.463. The number of allylic oxidation sites excluding steroid dienone is 3. The van der Waals surface area contributed by atoms with Crippen LogP contribution in [0.25, 0.3) is 5.57 Å². The molecule has 0 amide bonds. The summed E-state index contributed by atoms with van der Waals surface area (Å²) < 4.78 is 0. The molecule has 0 spiro atoms. The first-order valence-electron chi connectivity index (χ1n) is 5.94. The van der Waals surface area contributed by atoms with Crippen molar-refractivity contribution in [3.8, 4) is 0 Å². The molecule has 0 bridgehead atoms. The molecule has 1 aromatic carbocycles. The maximum absolute atomic E-state index is 11.1. The van der Waals surface area contributed by atoms with E-state index < -0.39 is 4.92 Å². The summed E-state index contributed by atoms with van der Waals surface area (Å²) in [4.78, 5) is 12.6. The van der Waals surface area contributed by atoms with Crippen LogP contribution in [-0.2, 0) is 0 Å². The number of nitro benzene ring substituents is 1. The highest BCUT2D eigenvalue weighted by Gasteiger charge is 2.15. The second-order valence-electron chi connectivity index (χ2n) is 4.27. The molecule has 0 heterocycles. The Labute approximate surface area is 118 Å². The van der Waals surface area contributed by atoms with Gasteiger partial charge in [-0.1, -0.05) is 24.6 Å². The third-order valence-corrected chi connectivity index (χ3v) is 2.68. The van der Waals surface area contributed by atoms with Gasteiger partial charge in [0.1, 0.15) is 0 Å². The number of halogens is 1. The van der Waals surface area contributed by atoms with Gasteiger partial charge in [-0.15, -0.1) is 0 Å². The molecule has 4 nitrogen and oxygen atoms in total. The van der Waals surface area contributed by atoms with E-state index in [-0.39, 0.29) is 5.69 Å². The Hall–Kier alpha value is -1.81. The van der Waals surface area contributed by atoms with Crippen molar-refractivity contribution < 1.29 is 4.92 Å². The minimum atomic E-state index is -0.390. The Kier molecular flexibility index (Phi) is 5.57. The van der Waals surface area contributed by atoms with Crippen LogP contribution in [0.15, 0.2) is 36.6 Å². The number of nitrogens with zero attached hydrogens (tertiary/aromatic N) is 2. The third kappa shape index (κ3) is 4.41. The van der Waals surface area contributed by atoms with Gasteiger partial charge < -0.3 is 4.90 Å². The van der Waals surface area contributed by atoms with Gasteiger partial charge in [-0.25, -0.2) is 0 Å². The zero-order valence-electron chi connectivity index (χ0n) is 11.3. The molecule has 5 heteroatoms. The van der Waals surface area contributed by atoms with Crippen LogP contribution in [0.2, 0.25) is 5.02 Å². The van der Waals surface area contributed by atoms with Gasteiger partial charge in [-0.3, -0.25) is 10.1 Å². The molecule has 0 atom stereocenters. The largest absolute Gasteiger partial charge is 0.383 e. The molecule has 0 saturated heterocycles. The van der Waals surface area contributed by atoms with Crippen molar-refractivity contribution in [2.24, 2.45) is 0 Å². The van der Waals surface area contributed by atoms with E-state index in [2.05, 4.69) is 0 Å². The molecule has 0 radical (unpaired) electrons. The van der Waals surface area contributed by atoms with E-state index in [4.69, 9.17) is 11.6 Å². The average Bonchev–Trinajstić information content (AvgIpc) is 2.33. The summed E-state index contributed by atoms with van der Waals surface area (Å²) in [7, 11) is 3.79. The fourth-order valence-electron chi connectivity index (χ4n) is 1.62. The Balaban J connectivity index is 3.33. The van der Waals surface area contributed by atoms with Gasteiger partial charge in [0.15, 0.2) is 0 Å². The second kappa shape index (κ2) is 6.95. The average molecular weight is 281 g/mol. The molecule has 0 aliphatic heterocycles. The lowest BCUT2D eigenvalue weighted by Crippen LogP contribution is -2.01. The Bertz CT molecular complexity index is 522. The fraction of sp³-hybridized carbons (Fsp3) is 0.286. The number of nitro groups is 1. The Morgan fingerprint density at radius 1 is 1.47 bits per heavy atom. The smallest absolute Gasteiger partial charge is 0.277 e. The summed E-state index contributed by atoms with van der Waals surface area (Å²) in [5.74, 6) is 0. The number of rotatable bonds is 5. The predicted molar refractivity (Wildman–Crippen MR) is 79.2 cm³/mol. The van der Waals surface area contributed by atoms with Crippen LogP contribution in [0.1, 0.15) is 18.9 Å². The molecule has 1 rings (SSSR count). The van der Waals surface area contributed by atoms with Gasteiger partial charge >= 0.3 is 0 Å². The number of hydrogen-bond donors (Lipinski definition) is 0. The van der Waals surface area contributed by atoms with Crippen LogP contribution in [-0.4, -0.2) is 23.9 Å². The van der Waals surface area contributed by atoms with E-state index >= 15 is 0 Å². The maximum atomic E-state index is 11.1. The SMILES string of the molecule is CC/C=C(/C=C/N(C)C)c1cc(Cl)ccc1[N+](=O)[O-]. The Morgan fingerprint density at radius 2 is 2.16 bits per heavy atom. The number of benzene rings is 1. The highest BCUT2D eigenvalue weighted by atomic mass is 35.5. The van der Waals surface area contributed by atoms with Gasteiger partial charge in [0, 0.05) is 25.2 Å². The van der Waals surface area contributed by atoms with Crippen LogP contribution in [0.4, 0.5) is 5.69 Å². The van der Waals surface area contributed by atoms with Gasteiger partial charge in [0.2, 0.25) is 0 Å². The van der Waals surface area contributed by atoms with E-state index in [0.717, 1.165) is 12.0 Å². The zero-order valence-corrected chi connectivity index (χ0v) is 12.0. The molecule has 0 aromatic heterocycles. The van der Waals surface area contributed by atoms with Gasteiger partial charge in [0.05, 0.1) is 10.5 Å². The standard InChI is InChI=1S/C14H17ClN2O2/c1-4-5-11(8-9-16(2)3)13-10-12(15)6-7-14(13)17(18)19/h5-10H,4H2,1-3H3/b9-8+,11-5-. The van der Waals surface area contributed by atoms with Gasteiger partial charge in [-0.2, -0.15) is 0 Å². The van der Waals surface area contributed by atoms with E-state index in [0.29, 0.717) is 10.6 Å². The van der Waals surface area contributed by atoms with Crippen molar-refractivity contribution in [1.29, 1.82) is 0 Å². The molecule has 0 fully saturated rings. The van der Waals surface area contributed by atoms with Gasteiger partial charge in [-0.05, 0) is 36.4 Å². The van der Waals surface area contributed by atoms with E-state index in [1.54, 1.807) is 6.07 Å². The molecular formula is C14H17ClN2O2. The highest BCUT2D eigenvalue weighted by Crippen LogP contribution is 2.30. The number of hydrogen-bond acceptors (Lipinski definition) is 3. The van der Waals surface area contributed by atoms with E-state index in [1.165, 1.54) is 12.1 Å². The molecule has 102 valence electrons. The monoisotopic (exact) mass is 280 g/mol. The fourth-order valence-corrected chi connectivity index (χ4v) is 1.79.